The summed E-state index contributed by atoms with van der Waals surface area (Å²) in [6.45, 7) is 3.22. The lowest BCUT2D eigenvalue weighted by Gasteiger charge is -2.35. The summed E-state index contributed by atoms with van der Waals surface area (Å²) in [4.78, 5) is 11.8. The summed E-state index contributed by atoms with van der Waals surface area (Å²) in [5, 5.41) is 20.3. The highest BCUT2D eigenvalue weighted by molar-refractivity contribution is 5.78. The number of benzene rings is 2. The Kier molecular flexibility index (Phi) is 5.85. The van der Waals surface area contributed by atoms with E-state index >= 15 is 0 Å². The van der Waals surface area contributed by atoms with Crippen LogP contribution in [-0.4, -0.2) is 28.9 Å². The molecule has 0 aromatic heterocycles. The smallest absolute Gasteiger partial charge is 0.336 e. The van der Waals surface area contributed by atoms with Gasteiger partial charge in [-0.25, -0.2) is 18.0 Å². The van der Waals surface area contributed by atoms with Crippen molar-refractivity contribution in [1.29, 1.82) is 0 Å². The maximum Gasteiger partial charge on any atom is 0.336 e. The molecule has 0 heterocycles. The lowest BCUT2D eigenvalue weighted by Crippen LogP contribution is -2.46. The summed E-state index contributed by atoms with van der Waals surface area (Å²) < 4.78 is 46.3. The predicted octanol–water partition coefficient (Wildman–Crippen LogP) is 3.84. The van der Waals surface area contributed by atoms with Gasteiger partial charge in [-0.3, -0.25) is 0 Å². The van der Waals surface area contributed by atoms with E-state index in [0.29, 0.717) is 11.3 Å². The molecule has 2 aromatic carbocycles. The molecule has 2 aromatic rings. The molecule has 0 saturated carbocycles. The van der Waals surface area contributed by atoms with Crippen LogP contribution < -0.4 is 4.74 Å². The molecule has 4 nitrogen and oxygen atoms in total. The van der Waals surface area contributed by atoms with Crippen LogP contribution in [0, 0.1) is 17.5 Å². The predicted molar refractivity (Wildman–Crippen MR) is 93.2 cm³/mol. The molecule has 27 heavy (non-hydrogen) atoms. The Morgan fingerprint density at radius 1 is 1.07 bits per heavy atom. The van der Waals surface area contributed by atoms with E-state index in [2.05, 4.69) is 0 Å². The van der Waals surface area contributed by atoms with Crippen molar-refractivity contribution in [1.82, 2.24) is 0 Å². The van der Waals surface area contributed by atoms with E-state index in [0.717, 1.165) is 18.2 Å². The largest absolute Gasteiger partial charge is 0.496 e. The first-order valence-corrected chi connectivity index (χ1v) is 8.22. The maximum atomic E-state index is 14.0. The van der Waals surface area contributed by atoms with Crippen molar-refractivity contribution in [2.45, 2.75) is 37.7 Å². The summed E-state index contributed by atoms with van der Waals surface area (Å²) in [7, 11) is 1.39. The monoisotopic (exact) mass is 382 g/mol. The van der Waals surface area contributed by atoms with Gasteiger partial charge in [-0.2, -0.15) is 0 Å². The third-order valence-electron chi connectivity index (χ3n) is 4.51. The van der Waals surface area contributed by atoms with E-state index in [1.165, 1.54) is 25.3 Å². The van der Waals surface area contributed by atoms with Crippen molar-refractivity contribution in [3.05, 3.63) is 65.0 Å². The van der Waals surface area contributed by atoms with E-state index < -0.39 is 40.9 Å². The first kappa shape index (κ1) is 20.8. The zero-order chi connectivity index (χ0) is 20.4. The van der Waals surface area contributed by atoms with Gasteiger partial charge in [0.25, 0.3) is 0 Å². The minimum atomic E-state index is -2.41. The number of rotatable bonds is 7. The van der Waals surface area contributed by atoms with Crippen molar-refractivity contribution in [3.63, 3.8) is 0 Å². The first-order valence-electron chi connectivity index (χ1n) is 8.22. The summed E-state index contributed by atoms with van der Waals surface area (Å²) in [5.41, 5.74) is -3.37. The van der Waals surface area contributed by atoms with Crippen LogP contribution in [0.5, 0.6) is 5.75 Å². The summed E-state index contributed by atoms with van der Waals surface area (Å²) in [6, 6.07) is 6.42. The lowest BCUT2D eigenvalue weighted by molar-refractivity contribution is -0.160. The molecule has 0 aliphatic rings. The Morgan fingerprint density at radius 3 is 2.26 bits per heavy atom. The number of ether oxygens (including phenoxy) is 1. The molecule has 0 fully saturated rings. The van der Waals surface area contributed by atoms with Crippen molar-refractivity contribution < 1.29 is 32.9 Å². The first-order chi connectivity index (χ1) is 12.5. The molecular formula is C20H21F3O4. The van der Waals surface area contributed by atoms with Crippen LogP contribution in [0.2, 0.25) is 0 Å². The third-order valence-corrected chi connectivity index (χ3v) is 4.51. The molecule has 2 N–H and O–H groups in total. The van der Waals surface area contributed by atoms with Gasteiger partial charge in [0.2, 0.25) is 0 Å². The van der Waals surface area contributed by atoms with Gasteiger partial charge in [0.1, 0.15) is 23.2 Å². The highest BCUT2D eigenvalue weighted by Crippen LogP contribution is 2.39. The normalized spacial score (nSPS) is 13.9. The van der Waals surface area contributed by atoms with Gasteiger partial charge in [0, 0.05) is 12.0 Å². The van der Waals surface area contributed by atoms with Gasteiger partial charge in [-0.15, -0.1) is 0 Å². The zero-order valence-corrected chi connectivity index (χ0v) is 15.2. The number of methoxy groups -OCH3 is 1. The van der Waals surface area contributed by atoms with Crippen LogP contribution in [0.3, 0.4) is 0 Å². The summed E-state index contributed by atoms with van der Waals surface area (Å²) >= 11 is 0. The van der Waals surface area contributed by atoms with E-state index in [9.17, 15) is 28.2 Å². The number of aliphatic carboxylic acids is 1. The van der Waals surface area contributed by atoms with Crippen LogP contribution in [-0.2, 0) is 16.6 Å². The Labute approximate surface area is 155 Å². The molecule has 0 amide bonds. The average molecular weight is 382 g/mol. The van der Waals surface area contributed by atoms with Crippen LogP contribution in [0.15, 0.2) is 36.4 Å². The standard InChI is InChI=1S/C20H21F3O4/c1-19(2,15-9-14(22)5-7-17(15)27-3)11-20(26,18(24)25)10-12-8-13(21)4-6-16(12)23/h4-9,26H,10-11H2,1-3H3,(H,24,25). The van der Waals surface area contributed by atoms with E-state index in [-0.39, 0.29) is 12.0 Å². The number of carbonyl (C=O) groups is 1. The van der Waals surface area contributed by atoms with Crippen LogP contribution in [0.4, 0.5) is 13.2 Å². The molecule has 1 atom stereocenters. The van der Waals surface area contributed by atoms with E-state index in [1.54, 1.807) is 13.8 Å². The Bertz CT molecular complexity index is 851. The molecule has 0 bridgehead atoms. The van der Waals surface area contributed by atoms with Gasteiger partial charge < -0.3 is 14.9 Å². The fourth-order valence-corrected chi connectivity index (χ4v) is 3.24. The molecule has 0 radical (unpaired) electrons. The molecule has 7 heteroatoms. The number of aliphatic hydroxyl groups is 1. The number of hydrogen-bond donors (Lipinski definition) is 2. The second kappa shape index (κ2) is 7.60. The molecule has 0 aliphatic heterocycles. The van der Waals surface area contributed by atoms with Gasteiger partial charge in [0.05, 0.1) is 7.11 Å². The SMILES string of the molecule is COc1ccc(F)cc1C(C)(C)CC(O)(Cc1cc(F)ccc1F)C(=O)O. The molecule has 0 spiro atoms. The molecule has 146 valence electrons. The van der Waals surface area contributed by atoms with Crippen LogP contribution in [0.1, 0.15) is 31.4 Å². The zero-order valence-electron chi connectivity index (χ0n) is 15.2. The number of hydrogen-bond acceptors (Lipinski definition) is 3. The van der Waals surface area contributed by atoms with Crippen molar-refractivity contribution in [2.75, 3.05) is 7.11 Å². The van der Waals surface area contributed by atoms with Crippen LogP contribution in [0.25, 0.3) is 0 Å². The lowest BCUT2D eigenvalue weighted by atomic mass is 9.73. The quantitative estimate of drug-likeness (QED) is 0.764. The number of carboxylic acids is 1. The molecule has 0 saturated heterocycles. The second-order valence-corrected chi connectivity index (χ2v) is 7.15. The van der Waals surface area contributed by atoms with Gasteiger partial charge in [-0.05, 0) is 53.8 Å². The van der Waals surface area contributed by atoms with Crippen LogP contribution >= 0.6 is 0 Å². The van der Waals surface area contributed by atoms with Gasteiger partial charge in [0.15, 0.2) is 5.60 Å². The van der Waals surface area contributed by atoms with Crippen molar-refractivity contribution >= 4 is 5.97 Å². The minimum Gasteiger partial charge on any atom is -0.496 e. The van der Waals surface area contributed by atoms with E-state index in [4.69, 9.17) is 4.74 Å². The minimum absolute atomic E-state index is 0.262. The Hall–Kier alpha value is -2.54. The van der Waals surface area contributed by atoms with Gasteiger partial charge in [-0.1, -0.05) is 13.8 Å². The average Bonchev–Trinajstić information content (AvgIpc) is 2.57. The summed E-state index contributed by atoms with van der Waals surface area (Å²) in [6.07, 6.45) is -1.03. The molecule has 1 unspecified atom stereocenters. The highest BCUT2D eigenvalue weighted by Gasteiger charge is 2.43. The van der Waals surface area contributed by atoms with Crippen molar-refractivity contribution in [3.8, 4) is 5.75 Å². The van der Waals surface area contributed by atoms with E-state index in [1.807, 2.05) is 0 Å². The fourth-order valence-electron chi connectivity index (χ4n) is 3.24. The Balaban J connectivity index is 2.43. The Morgan fingerprint density at radius 2 is 1.67 bits per heavy atom. The molecule has 0 aliphatic carbocycles. The topological polar surface area (TPSA) is 66.8 Å². The van der Waals surface area contributed by atoms with Gasteiger partial charge >= 0.3 is 5.97 Å². The molecular weight excluding hydrogens is 361 g/mol. The number of halogens is 3. The molecule has 2 rings (SSSR count). The van der Waals surface area contributed by atoms with Crippen molar-refractivity contribution in [2.24, 2.45) is 0 Å². The maximum absolute atomic E-state index is 14.0. The fraction of sp³-hybridized carbons (Fsp3) is 0.350. The highest BCUT2D eigenvalue weighted by atomic mass is 19.1. The third kappa shape index (κ3) is 4.60. The number of carboxylic acid groups (broad SMARTS) is 1. The summed E-state index contributed by atoms with van der Waals surface area (Å²) in [5.74, 6) is -3.38. The second-order valence-electron chi connectivity index (χ2n) is 7.15.